The quantitative estimate of drug-likeness (QED) is 0.537. The van der Waals surface area contributed by atoms with Crippen LogP contribution in [0.15, 0.2) is 48.5 Å². The Balaban J connectivity index is 1.88. The number of hydrogen-bond donors (Lipinski definition) is 2. The molecule has 0 saturated carbocycles. The molecule has 220 valence electrons. The molecule has 0 spiro atoms. The molecule has 9 nitrogen and oxygen atoms in total. The van der Waals surface area contributed by atoms with Crippen molar-refractivity contribution in [3.63, 3.8) is 0 Å². The molecule has 2 aromatic rings. The number of nitrogens with zero attached hydrogens (tertiary/aromatic N) is 3. The lowest BCUT2D eigenvalue weighted by molar-refractivity contribution is -0.0115. The zero-order chi connectivity index (χ0) is 29.2. The highest BCUT2D eigenvalue weighted by Crippen LogP contribution is 2.29. The summed E-state index contributed by atoms with van der Waals surface area (Å²) in [5.41, 5.74) is 2.08. The van der Waals surface area contributed by atoms with Gasteiger partial charge in [-0.3, -0.25) is 4.79 Å². The second kappa shape index (κ2) is 14.9. The van der Waals surface area contributed by atoms with Crippen molar-refractivity contribution in [3.8, 4) is 5.75 Å². The zero-order valence-electron chi connectivity index (χ0n) is 24.8. The van der Waals surface area contributed by atoms with Gasteiger partial charge in [-0.25, -0.2) is 4.79 Å². The second-order valence-electron chi connectivity index (χ2n) is 11.1. The third-order valence-electron chi connectivity index (χ3n) is 7.38. The Hall–Kier alpha value is -3.30. The Labute approximate surface area is 239 Å². The molecule has 0 aromatic heterocycles. The van der Waals surface area contributed by atoms with E-state index < -0.39 is 6.04 Å². The van der Waals surface area contributed by atoms with Crippen LogP contribution in [0.5, 0.6) is 5.75 Å². The van der Waals surface area contributed by atoms with Gasteiger partial charge in [-0.1, -0.05) is 25.1 Å². The third-order valence-corrected chi connectivity index (χ3v) is 7.38. The number of likely N-dealkylation sites (N-methyl/N-ethyl adjacent to an activating group) is 1. The molecule has 4 atom stereocenters. The number of fused-ring (bicyclic) bond motifs is 1. The monoisotopic (exact) mass is 554 g/mol. The van der Waals surface area contributed by atoms with Gasteiger partial charge >= 0.3 is 6.03 Å². The average Bonchev–Trinajstić information content (AvgIpc) is 2.94. The van der Waals surface area contributed by atoms with Crippen LogP contribution in [0.4, 0.5) is 16.2 Å². The highest BCUT2D eigenvalue weighted by atomic mass is 16.5. The fraction of sp³-hybridized carbons (Fsp3) is 0.548. The van der Waals surface area contributed by atoms with Crippen molar-refractivity contribution in [2.75, 3.05) is 57.7 Å². The number of anilines is 2. The van der Waals surface area contributed by atoms with Gasteiger partial charge in [0.15, 0.2) is 0 Å². The van der Waals surface area contributed by atoms with Gasteiger partial charge in [0, 0.05) is 58.1 Å². The van der Waals surface area contributed by atoms with E-state index in [1.807, 2.05) is 88.3 Å². The maximum atomic E-state index is 14.1. The van der Waals surface area contributed by atoms with Gasteiger partial charge in [-0.05, 0) is 63.4 Å². The lowest BCUT2D eigenvalue weighted by Crippen LogP contribution is -2.48. The number of nitrogens with one attached hydrogen (secondary N) is 1. The molecule has 0 saturated heterocycles. The largest absolute Gasteiger partial charge is 0.490 e. The van der Waals surface area contributed by atoms with Gasteiger partial charge in [0.25, 0.3) is 5.91 Å². The van der Waals surface area contributed by atoms with E-state index in [-0.39, 0.29) is 36.7 Å². The number of carbonyl (C=O) groups excluding carboxylic acids is 2. The summed E-state index contributed by atoms with van der Waals surface area (Å²) in [5.74, 6) is 0.228. The van der Waals surface area contributed by atoms with E-state index in [1.165, 1.54) is 0 Å². The Kier molecular flexibility index (Phi) is 11.6. The van der Waals surface area contributed by atoms with Crippen LogP contribution >= 0.6 is 0 Å². The molecule has 0 aliphatic carbocycles. The minimum atomic E-state index is -0.420. The fourth-order valence-corrected chi connectivity index (χ4v) is 4.74. The van der Waals surface area contributed by atoms with Crippen molar-refractivity contribution in [1.29, 1.82) is 0 Å². The lowest BCUT2D eigenvalue weighted by atomic mass is 10.0. The lowest BCUT2D eigenvalue weighted by Gasteiger charge is -2.36. The minimum absolute atomic E-state index is 0.0778. The van der Waals surface area contributed by atoms with Gasteiger partial charge < -0.3 is 34.6 Å². The molecule has 1 heterocycles. The molecule has 1 aliphatic heterocycles. The molecule has 0 fully saturated rings. The number of aliphatic hydroxyl groups is 1. The first-order chi connectivity index (χ1) is 19.1. The Bertz CT molecular complexity index is 1100. The molecule has 0 bridgehead atoms. The predicted molar refractivity (Wildman–Crippen MR) is 159 cm³/mol. The number of rotatable bonds is 6. The van der Waals surface area contributed by atoms with E-state index >= 15 is 0 Å². The number of urea groups is 1. The van der Waals surface area contributed by atoms with E-state index in [2.05, 4.69) is 5.32 Å². The molecule has 0 radical (unpaired) electrons. The number of hydrogen-bond acceptors (Lipinski definition) is 6. The van der Waals surface area contributed by atoms with Crippen LogP contribution in [0.1, 0.15) is 50.4 Å². The third kappa shape index (κ3) is 8.60. The van der Waals surface area contributed by atoms with Crippen LogP contribution in [-0.2, 0) is 4.74 Å². The first kappa shape index (κ1) is 31.2. The Morgan fingerprint density at radius 3 is 2.52 bits per heavy atom. The standard InChI is InChI=1S/C31H46N4O5/c1-22-19-35(23(2)21-36)30(37)27-18-26(33(4)5)15-16-28(27)40-24(3)12-10-11-17-39-29(22)20-34(6)31(38)32-25-13-8-7-9-14-25/h7-9,13-16,18,22-24,29,36H,10-12,17,19-21H2,1-6H3,(H,32,38)/t22-,23-,24+,29+/m1/s1. The smallest absolute Gasteiger partial charge is 0.321 e. The summed E-state index contributed by atoms with van der Waals surface area (Å²) in [6.07, 6.45) is 2.21. The zero-order valence-corrected chi connectivity index (χ0v) is 24.8. The van der Waals surface area contributed by atoms with E-state index in [4.69, 9.17) is 9.47 Å². The number of para-hydroxylation sites is 1. The number of carbonyl (C=O) groups is 2. The topological polar surface area (TPSA) is 94.6 Å². The summed E-state index contributed by atoms with van der Waals surface area (Å²) in [5, 5.41) is 13.0. The molecule has 0 unspecified atom stereocenters. The van der Waals surface area contributed by atoms with E-state index in [1.54, 1.807) is 16.8 Å². The summed E-state index contributed by atoms with van der Waals surface area (Å²) in [7, 11) is 5.61. The Morgan fingerprint density at radius 1 is 1.12 bits per heavy atom. The fourth-order valence-electron chi connectivity index (χ4n) is 4.74. The van der Waals surface area contributed by atoms with Gasteiger partial charge in [0.1, 0.15) is 5.75 Å². The number of benzene rings is 2. The SMILES string of the molecule is C[C@@H]1CN([C@H](C)CO)C(=O)c2cc(N(C)C)ccc2O[C@@H](C)CCCCO[C@H]1CN(C)C(=O)Nc1ccccc1. The van der Waals surface area contributed by atoms with Crippen LogP contribution in [-0.4, -0.2) is 92.5 Å². The van der Waals surface area contributed by atoms with Gasteiger partial charge in [-0.15, -0.1) is 0 Å². The molecule has 9 heteroatoms. The maximum Gasteiger partial charge on any atom is 0.321 e. The van der Waals surface area contributed by atoms with Gasteiger partial charge in [-0.2, -0.15) is 0 Å². The minimum Gasteiger partial charge on any atom is -0.490 e. The molecule has 40 heavy (non-hydrogen) atoms. The van der Waals surface area contributed by atoms with Crippen molar-refractivity contribution >= 4 is 23.3 Å². The summed E-state index contributed by atoms with van der Waals surface area (Å²) in [4.78, 5) is 32.3. The average molecular weight is 555 g/mol. The van der Waals surface area contributed by atoms with Crippen molar-refractivity contribution in [2.45, 2.75) is 58.3 Å². The maximum absolute atomic E-state index is 14.1. The highest BCUT2D eigenvalue weighted by molar-refractivity contribution is 5.98. The van der Waals surface area contributed by atoms with Gasteiger partial charge in [0.2, 0.25) is 0 Å². The normalized spacial score (nSPS) is 21.4. The second-order valence-corrected chi connectivity index (χ2v) is 11.1. The molecular weight excluding hydrogens is 508 g/mol. The summed E-state index contributed by atoms with van der Waals surface area (Å²) >= 11 is 0. The van der Waals surface area contributed by atoms with Gasteiger partial charge in [0.05, 0.1) is 30.4 Å². The van der Waals surface area contributed by atoms with Crippen molar-refractivity contribution in [2.24, 2.45) is 5.92 Å². The van der Waals surface area contributed by atoms with Crippen LogP contribution in [0, 0.1) is 5.92 Å². The first-order valence-corrected chi connectivity index (χ1v) is 14.2. The number of amides is 3. The summed E-state index contributed by atoms with van der Waals surface area (Å²) in [6.45, 7) is 6.95. The molecule has 3 amide bonds. The molecule has 3 rings (SSSR count). The van der Waals surface area contributed by atoms with Crippen molar-refractivity contribution in [1.82, 2.24) is 9.80 Å². The molecule has 2 aromatic carbocycles. The predicted octanol–water partition coefficient (Wildman–Crippen LogP) is 4.71. The van der Waals surface area contributed by atoms with E-state index in [0.717, 1.165) is 30.6 Å². The van der Waals surface area contributed by atoms with Crippen LogP contribution in [0.3, 0.4) is 0 Å². The van der Waals surface area contributed by atoms with Crippen LogP contribution in [0.2, 0.25) is 0 Å². The highest BCUT2D eigenvalue weighted by Gasteiger charge is 2.31. The molecule has 2 N–H and O–H groups in total. The van der Waals surface area contributed by atoms with E-state index in [9.17, 15) is 14.7 Å². The summed E-state index contributed by atoms with van der Waals surface area (Å²) in [6, 6.07) is 14.4. The van der Waals surface area contributed by atoms with Crippen LogP contribution < -0.4 is 15.0 Å². The Morgan fingerprint density at radius 2 is 1.85 bits per heavy atom. The first-order valence-electron chi connectivity index (χ1n) is 14.2. The van der Waals surface area contributed by atoms with Crippen molar-refractivity contribution in [3.05, 3.63) is 54.1 Å². The van der Waals surface area contributed by atoms with Crippen LogP contribution in [0.25, 0.3) is 0 Å². The van der Waals surface area contributed by atoms with E-state index in [0.29, 0.717) is 31.0 Å². The number of aliphatic hydroxyl groups excluding tert-OH is 1. The number of ether oxygens (including phenoxy) is 2. The molecule has 1 aliphatic rings. The summed E-state index contributed by atoms with van der Waals surface area (Å²) < 4.78 is 12.6. The molecular formula is C31H46N4O5. The van der Waals surface area contributed by atoms with Crippen molar-refractivity contribution < 1.29 is 24.2 Å².